The van der Waals surface area contributed by atoms with Gasteiger partial charge in [0.2, 0.25) is 0 Å². The Labute approximate surface area is 108 Å². The number of hydrogen-bond acceptors (Lipinski definition) is 2. The lowest BCUT2D eigenvalue weighted by atomic mass is 9.90. The number of aryl methyl sites for hydroxylation is 2. The lowest BCUT2D eigenvalue weighted by Gasteiger charge is -2.20. The summed E-state index contributed by atoms with van der Waals surface area (Å²) in [5.74, 6) is -1.34. The molecule has 0 saturated carbocycles. The van der Waals surface area contributed by atoms with Crippen molar-refractivity contribution < 1.29 is 9.90 Å². The van der Waals surface area contributed by atoms with Crippen molar-refractivity contribution in [1.82, 2.24) is 0 Å². The molecule has 17 heavy (non-hydrogen) atoms. The zero-order valence-electron chi connectivity index (χ0n) is 10.4. The van der Waals surface area contributed by atoms with Gasteiger partial charge in [-0.25, -0.2) is 0 Å². The standard InChI is InChI=1S/C13H19NO2.ClH/c1-4-11(13(15)16)12(14)10-6-8(2)5-9(3)7-10;/h5-7,11-12H,4,14H2,1-3H3,(H,15,16);1H/t11-,12?;/m1./s1. The van der Waals surface area contributed by atoms with E-state index in [0.717, 1.165) is 16.7 Å². The fourth-order valence-corrected chi connectivity index (χ4v) is 2.02. The first-order valence-corrected chi connectivity index (χ1v) is 5.52. The molecule has 3 N–H and O–H groups in total. The molecule has 0 spiro atoms. The van der Waals surface area contributed by atoms with Crippen LogP contribution in [0.3, 0.4) is 0 Å². The van der Waals surface area contributed by atoms with Crippen LogP contribution in [0.2, 0.25) is 0 Å². The maximum absolute atomic E-state index is 11.0. The van der Waals surface area contributed by atoms with E-state index in [-0.39, 0.29) is 12.4 Å². The van der Waals surface area contributed by atoms with Gasteiger partial charge in [-0.2, -0.15) is 0 Å². The van der Waals surface area contributed by atoms with E-state index in [4.69, 9.17) is 10.8 Å². The molecule has 1 aromatic carbocycles. The van der Waals surface area contributed by atoms with E-state index in [0.29, 0.717) is 6.42 Å². The van der Waals surface area contributed by atoms with Crippen molar-refractivity contribution in [2.45, 2.75) is 33.2 Å². The number of benzene rings is 1. The van der Waals surface area contributed by atoms with Crippen molar-refractivity contribution in [3.8, 4) is 0 Å². The number of halogens is 1. The molecule has 4 heteroatoms. The van der Waals surface area contributed by atoms with Gasteiger partial charge in [-0.3, -0.25) is 4.79 Å². The minimum Gasteiger partial charge on any atom is -0.481 e. The third-order valence-electron chi connectivity index (χ3n) is 2.82. The number of aliphatic carboxylic acids is 1. The first-order valence-electron chi connectivity index (χ1n) is 5.52. The Morgan fingerprint density at radius 3 is 2.12 bits per heavy atom. The molecule has 96 valence electrons. The highest BCUT2D eigenvalue weighted by Crippen LogP contribution is 2.24. The van der Waals surface area contributed by atoms with Crippen molar-refractivity contribution in [2.24, 2.45) is 11.7 Å². The predicted molar refractivity (Wildman–Crippen MR) is 71.5 cm³/mol. The van der Waals surface area contributed by atoms with Gasteiger partial charge in [0.1, 0.15) is 0 Å². The maximum atomic E-state index is 11.0. The second-order valence-electron chi connectivity index (χ2n) is 4.30. The summed E-state index contributed by atoms with van der Waals surface area (Å²) in [7, 11) is 0. The van der Waals surface area contributed by atoms with Crippen molar-refractivity contribution in [1.29, 1.82) is 0 Å². The Kier molecular flexibility index (Phi) is 6.21. The Hall–Kier alpha value is -1.06. The lowest BCUT2D eigenvalue weighted by molar-refractivity contribution is -0.142. The molecule has 1 rings (SSSR count). The third-order valence-corrected chi connectivity index (χ3v) is 2.82. The molecular formula is C13H20ClNO2. The highest BCUT2D eigenvalue weighted by Gasteiger charge is 2.24. The smallest absolute Gasteiger partial charge is 0.308 e. The van der Waals surface area contributed by atoms with Gasteiger partial charge in [-0.15, -0.1) is 12.4 Å². The zero-order chi connectivity index (χ0) is 12.3. The summed E-state index contributed by atoms with van der Waals surface area (Å²) >= 11 is 0. The number of carbonyl (C=O) groups is 1. The molecule has 1 unspecified atom stereocenters. The van der Waals surface area contributed by atoms with Gasteiger partial charge < -0.3 is 10.8 Å². The number of nitrogens with two attached hydrogens (primary N) is 1. The Morgan fingerprint density at radius 2 is 1.76 bits per heavy atom. The van der Waals surface area contributed by atoms with E-state index >= 15 is 0 Å². The Bertz CT molecular complexity index is 373. The molecule has 0 amide bonds. The molecule has 0 fully saturated rings. The molecule has 0 aliphatic heterocycles. The van der Waals surface area contributed by atoms with E-state index in [1.165, 1.54) is 0 Å². The largest absolute Gasteiger partial charge is 0.481 e. The Balaban J connectivity index is 0.00000256. The second kappa shape index (κ2) is 6.62. The minimum atomic E-state index is -0.825. The molecule has 2 atom stereocenters. The average Bonchev–Trinajstić information content (AvgIpc) is 2.16. The molecular weight excluding hydrogens is 238 g/mol. The monoisotopic (exact) mass is 257 g/mol. The van der Waals surface area contributed by atoms with Crippen molar-refractivity contribution in [3.63, 3.8) is 0 Å². The van der Waals surface area contributed by atoms with Crippen molar-refractivity contribution in [3.05, 3.63) is 34.9 Å². The van der Waals surface area contributed by atoms with E-state index < -0.39 is 17.9 Å². The van der Waals surface area contributed by atoms with Crippen LogP contribution >= 0.6 is 12.4 Å². The van der Waals surface area contributed by atoms with Gasteiger partial charge in [0.05, 0.1) is 5.92 Å². The van der Waals surface area contributed by atoms with E-state index in [9.17, 15) is 4.79 Å². The van der Waals surface area contributed by atoms with Crippen LogP contribution in [0.5, 0.6) is 0 Å². The first kappa shape index (κ1) is 15.9. The lowest BCUT2D eigenvalue weighted by Crippen LogP contribution is -2.27. The highest BCUT2D eigenvalue weighted by molar-refractivity contribution is 5.85. The summed E-state index contributed by atoms with van der Waals surface area (Å²) in [5, 5.41) is 9.06. The number of carboxylic acids is 1. The molecule has 1 aromatic rings. The molecule has 0 aromatic heterocycles. The van der Waals surface area contributed by atoms with Crippen LogP contribution in [0.1, 0.15) is 36.1 Å². The quantitative estimate of drug-likeness (QED) is 0.872. The average molecular weight is 258 g/mol. The highest BCUT2D eigenvalue weighted by atomic mass is 35.5. The van der Waals surface area contributed by atoms with Gasteiger partial charge >= 0.3 is 5.97 Å². The van der Waals surface area contributed by atoms with Crippen LogP contribution in [0, 0.1) is 19.8 Å². The van der Waals surface area contributed by atoms with Crippen LogP contribution in [-0.2, 0) is 4.79 Å². The molecule has 0 aliphatic rings. The number of rotatable bonds is 4. The van der Waals surface area contributed by atoms with Gasteiger partial charge in [0, 0.05) is 6.04 Å². The molecule has 0 radical (unpaired) electrons. The zero-order valence-corrected chi connectivity index (χ0v) is 11.3. The minimum absolute atomic E-state index is 0. The molecule has 3 nitrogen and oxygen atoms in total. The summed E-state index contributed by atoms with van der Waals surface area (Å²) in [6.45, 7) is 5.83. The topological polar surface area (TPSA) is 63.3 Å². The van der Waals surface area contributed by atoms with Crippen LogP contribution in [-0.4, -0.2) is 11.1 Å². The number of carboxylic acid groups (broad SMARTS) is 1. The normalized spacial score (nSPS) is 13.6. The fraction of sp³-hybridized carbons (Fsp3) is 0.462. The number of hydrogen-bond donors (Lipinski definition) is 2. The first-order chi connectivity index (χ1) is 7.45. The summed E-state index contributed by atoms with van der Waals surface area (Å²) in [5.41, 5.74) is 9.15. The summed E-state index contributed by atoms with van der Waals surface area (Å²) in [6, 6.07) is 5.55. The fourth-order valence-electron chi connectivity index (χ4n) is 2.02. The van der Waals surface area contributed by atoms with E-state index in [2.05, 4.69) is 6.07 Å². The van der Waals surface area contributed by atoms with Gasteiger partial charge in [0.15, 0.2) is 0 Å². The van der Waals surface area contributed by atoms with Crippen molar-refractivity contribution >= 4 is 18.4 Å². The molecule has 0 aliphatic carbocycles. The van der Waals surface area contributed by atoms with Crippen molar-refractivity contribution in [2.75, 3.05) is 0 Å². The molecule has 0 bridgehead atoms. The summed E-state index contributed by atoms with van der Waals surface area (Å²) < 4.78 is 0. The van der Waals surface area contributed by atoms with Gasteiger partial charge in [-0.1, -0.05) is 36.2 Å². The van der Waals surface area contributed by atoms with Crippen LogP contribution < -0.4 is 5.73 Å². The van der Waals surface area contributed by atoms with Gasteiger partial charge in [0.25, 0.3) is 0 Å². The maximum Gasteiger partial charge on any atom is 0.308 e. The second-order valence-corrected chi connectivity index (χ2v) is 4.30. The van der Waals surface area contributed by atoms with E-state index in [1.54, 1.807) is 0 Å². The Morgan fingerprint density at radius 1 is 1.29 bits per heavy atom. The molecule has 0 heterocycles. The van der Waals surface area contributed by atoms with Crippen LogP contribution in [0.15, 0.2) is 18.2 Å². The SMILES string of the molecule is CC[C@@H](C(=O)O)C(N)c1cc(C)cc(C)c1.Cl. The predicted octanol–water partition coefficient (Wildman–Crippen LogP) is 2.84. The van der Waals surface area contributed by atoms with E-state index in [1.807, 2.05) is 32.9 Å². The summed E-state index contributed by atoms with van der Waals surface area (Å²) in [6.07, 6.45) is 0.545. The third kappa shape index (κ3) is 4.02. The van der Waals surface area contributed by atoms with Gasteiger partial charge in [-0.05, 0) is 25.8 Å². The van der Waals surface area contributed by atoms with Crippen LogP contribution in [0.4, 0.5) is 0 Å². The van der Waals surface area contributed by atoms with Crippen LogP contribution in [0.25, 0.3) is 0 Å². The summed E-state index contributed by atoms with van der Waals surface area (Å²) in [4.78, 5) is 11.0. The molecule has 0 saturated heterocycles.